The number of aromatic nitrogens is 2. The van der Waals surface area contributed by atoms with E-state index < -0.39 is 11.7 Å². The van der Waals surface area contributed by atoms with Crippen LogP contribution in [-0.4, -0.2) is 34.4 Å². The van der Waals surface area contributed by atoms with Gasteiger partial charge in [-0.2, -0.15) is 0 Å². The summed E-state index contributed by atoms with van der Waals surface area (Å²) in [5.74, 6) is -0.507. The van der Waals surface area contributed by atoms with E-state index in [1.165, 1.54) is 4.57 Å². The standard InChI is InChI=1S/C17H20N2O5/c1-2-23-15(20)11-18-14-8-4-3-7-13(14)16(21)19(17(18)22)10-12-6-5-9-24-12/h3-4,7-8,12H,2,5-6,9-11H2,1H3. The maximum absolute atomic E-state index is 12.8. The van der Waals surface area contributed by atoms with Crippen LogP contribution in [0.2, 0.25) is 0 Å². The Kier molecular flexibility index (Phi) is 4.80. The van der Waals surface area contributed by atoms with Gasteiger partial charge in [-0.25, -0.2) is 4.79 Å². The van der Waals surface area contributed by atoms with Crippen molar-refractivity contribution in [3.05, 3.63) is 45.1 Å². The van der Waals surface area contributed by atoms with Crippen molar-refractivity contribution in [2.24, 2.45) is 0 Å². The third kappa shape index (κ3) is 3.12. The van der Waals surface area contributed by atoms with E-state index in [0.717, 1.165) is 17.4 Å². The minimum Gasteiger partial charge on any atom is -0.465 e. The summed E-state index contributed by atoms with van der Waals surface area (Å²) in [7, 11) is 0. The van der Waals surface area contributed by atoms with Crippen LogP contribution < -0.4 is 11.2 Å². The van der Waals surface area contributed by atoms with Crippen LogP contribution >= 0.6 is 0 Å². The molecule has 1 aliphatic rings. The zero-order valence-electron chi connectivity index (χ0n) is 13.6. The molecule has 0 amide bonds. The fourth-order valence-corrected chi connectivity index (χ4v) is 3.01. The topological polar surface area (TPSA) is 79.5 Å². The van der Waals surface area contributed by atoms with Crippen LogP contribution in [0.15, 0.2) is 33.9 Å². The molecule has 1 aliphatic heterocycles. The number of nitrogens with zero attached hydrogens (tertiary/aromatic N) is 2. The normalized spacial score (nSPS) is 17.3. The second-order valence-electron chi connectivity index (χ2n) is 5.74. The lowest BCUT2D eigenvalue weighted by molar-refractivity contribution is -0.143. The molecule has 1 fully saturated rings. The first-order valence-electron chi connectivity index (χ1n) is 8.11. The number of hydrogen-bond acceptors (Lipinski definition) is 5. The van der Waals surface area contributed by atoms with Gasteiger partial charge >= 0.3 is 11.7 Å². The van der Waals surface area contributed by atoms with Gasteiger partial charge < -0.3 is 9.47 Å². The van der Waals surface area contributed by atoms with Crippen LogP contribution in [0.4, 0.5) is 0 Å². The van der Waals surface area contributed by atoms with Gasteiger partial charge in [0.25, 0.3) is 5.56 Å². The predicted molar refractivity (Wildman–Crippen MR) is 88.1 cm³/mol. The largest absolute Gasteiger partial charge is 0.465 e. The summed E-state index contributed by atoms with van der Waals surface area (Å²) in [5, 5.41) is 0.402. The first-order chi connectivity index (χ1) is 11.6. The summed E-state index contributed by atoms with van der Waals surface area (Å²) < 4.78 is 12.9. The maximum Gasteiger partial charge on any atom is 0.332 e. The number of para-hydroxylation sites is 1. The number of ether oxygens (including phenoxy) is 2. The highest BCUT2D eigenvalue weighted by atomic mass is 16.5. The Bertz CT molecular complexity index is 861. The third-order valence-electron chi connectivity index (χ3n) is 4.13. The molecule has 2 heterocycles. The van der Waals surface area contributed by atoms with Crippen LogP contribution in [0.5, 0.6) is 0 Å². The van der Waals surface area contributed by atoms with E-state index >= 15 is 0 Å². The van der Waals surface area contributed by atoms with E-state index in [0.29, 0.717) is 17.5 Å². The van der Waals surface area contributed by atoms with Crippen LogP contribution in [0.3, 0.4) is 0 Å². The van der Waals surface area contributed by atoms with Crippen molar-refractivity contribution < 1.29 is 14.3 Å². The molecular formula is C17H20N2O5. The van der Waals surface area contributed by atoms with E-state index in [1.54, 1.807) is 31.2 Å². The lowest BCUT2D eigenvalue weighted by atomic mass is 10.2. The Balaban J connectivity index is 2.12. The average Bonchev–Trinajstić information content (AvgIpc) is 3.09. The Morgan fingerprint density at radius 2 is 2.08 bits per heavy atom. The maximum atomic E-state index is 12.8. The summed E-state index contributed by atoms with van der Waals surface area (Å²) in [6.45, 7) is 2.56. The first-order valence-corrected chi connectivity index (χ1v) is 8.11. The van der Waals surface area contributed by atoms with Gasteiger partial charge in [0.15, 0.2) is 0 Å². The fraction of sp³-hybridized carbons (Fsp3) is 0.471. The zero-order chi connectivity index (χ0) is 17.1. The second-order valence-corrected chi connectivity index (χ2v) is 5.74. The number of carbonyl (C=O) groups is 1. The van der Waals surface area contributed by atoms with Crippen molar-refractivity contribution in [2.45, 2.75) is 39.0 Å². The fourth-order valence-electron chi connectivity index (χ4n) is 3.01. The lowest BCUT2D eigenvalue weighted by Gasteiger charge is -2.15. The third-order valence-corrected chi connectivity index (χ3v) is 4.13. The Labute approximate surface area is 138 Å². The minimum atomic E-state index is -0.512. The van der Waals surface area contributed by atoms with Crippen LogP contribution in [0.25, 0.3) is 10.9 Å². The molecule has 2 aromatic rings. The average molecular weight is 332 g/mol. The van der Waals surface area contributed by atoms with Crippen LogP contribution in [0.1, 0.15) is 19.8 Å². The smallest absolute Gasteiger partial charge is 0.332 e. The lowest BCUT2D eigenvalue weighted by Crippen LogP contribution is -2.43. The molecule has 1 atom stereocenters. The second kappa shape index (κ2) is 7.00. The molecule has 3 rings (SSSR count). The summed E-state index contributed by atoms with van der Waals surface area (Å²) in [4.78, 5) is 37.3. The molecule has 1 unspecified atom stereocenters. The molecular weight excluding hydrogens is 312 g/mol. The SMILES string of the molecule is CCOC(=O)Cn1c(=O)n(CC2CCCO2)c(=O)c2ccccc21. The molecule has 1 aromatic heterocycles. The van der Waals surface area contributed by atoms with Crippen LogP contribution in [0, 0.1) is 0 Å². The molecule has 0 radical (unpaired) electrons. The summed E-state index contributed by atoms with van der Waals surface area (Å²) >= 11 is 0. The van der Waals surface area contributed by atoms with Gasteiger partial charge in [0.2, 0.25) is 0 Å². The predicted octanol–water partition coefficient (Wildman–Crippen LogP) is 0.905. The summed E-state index contributed by atoms with van der Waals surface area (Å²) in [5.41, 5.74) is -0.433. The van der Waals surface area contributed by atoms with Crippen molar-refractivity contribution in [1.82, 2.24) is 9.13 Å². The van der Waals surface area contributed by atoms with Gasteiger partial charge in [0.05, 0.1) is 30.2 Å². The highest BCUT2D eigenvalue weighted by Gasteiger charge is 2.21. The van der Waals surface area contributed by atoms with E-state index in [4.69, 9.17) is 9.47 Å². The number of rotatable bonds is 5. The van der Waals surface area contributed by atoms with Gasteiger partial charge in [0, 0.05) is 6.61 Å². The molecule has 0 spiro atoms. The van der Waals surface area contributed by atoms with Crippen LogP contribution in [-0.2, 0) is 27.4 Å². The molecule has 0 saturated carbocycles. The number of esters is 1. The number of benzene rings is 1. The molecule has 128 valence electrons. The molecule has 7 nitrogen and oxygen atoms in total. The highest BCUT2D eigenvalue weighted by Crippen LogP contribution is 2.13. The molecule has 7 heteroatoms. The van der Waals surface area contributed by atoms with Crippen molar-refractivity contribution in [2.75, 3.05) is 13.2 Å². The molecule has 0 bridgehead atoms. The summed E-state index contributed by atoms with van der Waals surface area (Å²) in [6, 6.07) is 6.78. The van der Waals surface area contributed by atoms with E-state index in [1.807, 2.05) is 0 Å². The Morgan fingerprint density at radius 1 is 1.29 bits per heavy atom. The zero-order valence-corrected chi connectivity index (χ0v) is 13.6. The first kappa shape index (κ1) is 16.4. The van der Waals surface area contributed by atoms with Gasteiger partial charge in [-0.15, -0.1) is 0 Å². The molecule has 1 aromatic carbocycles. The van der Waals surface area contributed by atoms with Gasteiger partial charge in [0.1, 0.15) is 6.54 Å². The Morgan fingerprint density at radius 3 is 2.79 bits per heavy atom. The van der Waals surface area contributed by atoms with E-state index in [-0.39, 0.29) is 31.4 Å². The molecule has 0 N–H and O–H groups in total. The van der Waals surface area contributed by atoms with Crippen molar-refractivity contribution >= 4 is 16.9 Å². The minimum absolute atomic E-state index is 0.146. The van der Waals surface area contributed by atoms with E-state index in [9.17, 15) is 14.4 Å². The van der Waals surface area contributed by atoms with E-state index in [2.05, 4.69) is 0 Å². The van der Waals surface area contributed by atoms with Gasteiger partial charge in [-0.05, 0) is 31.9 Å². The quantitative estimate of drug-likeness (QED) is 0.760. The number of hydrogen-bond donors (Lipinski definition) is 0. The van der Waals surface area contributed by atoms with Crippen molar-refractivity contribution in [1.29, 1.82) is 0 Å². The summed E-state index contributed by atoms with van der Waals surface area (Å²) in [6.07, 6.45) is 1.59. The van der Waals surface area contributed by atoms with Crippen molar-refractivity contribution in [3.63, 3.8) is 0 Å². The van der Waals surface area contributed by atoms with Gasteiger partial charge in [-0.1, -0.05) is 12.1 Å². The number of carbonyl (C=O) groups excluding carboxylic acids is 1. The number of fused-ring (bicyclic) bond motifs is 1. The van der Waals surface area contributed by atoms with Gasteiger partial charge in [-0.3, -0.25) is 18.7 Å². The molecule has 0 aliphatic carbocycles. The molecule has 1 saturated heterocycles. The molecule has 24 heavy (non-hydrogen) atoms. The van der Waals surface area contributed by atoms with Crippen molar-refractivity contribution in [3.8, 4) is 0 Å². The monoisotopic (exact) mass is 332 g/mol. The Hall–Kier alpha value is -2.41. The highest BCUT2D eigenvalue weighted by molar-refractivity contribution is 5.79.